The zero-order chi connectivity index (χ0) is 18.3. The molecule has 0 bridgehead atoms. The summed E-state index contributed by atoms with van der Waals surface area (Å²) in [6.45, 7) is 4.99. The third kappa shape index (κ3) is 10.5. The Labute approximate surface area is 154 Å². The molecule has 1 amide bonds. The van der Waals surface area contributed by atoms with E-state index in [0.717, 1.165) is 12.8 Å². The average Bonchev–Trinajstić information content (AvgIpc) is 3.05. The Bertz CT molecular complexity index is 370. The summed E-state index contributed by atoms with van der Waals surface area (Å²) < 4.78 is 5.54. The van der Waals surface area contributed by atoms with Gasteiger partial charge in [0.15, 0.2) is 0 Å². The third-order valence-electron chi connectivity index (χ3n) is 5.17. The van der Waals surface area contributed by atoms with Gasteiger partial charge in [0.25, 0.3) is 0 Å². The first-order valence-corrected chi connectivity index (χ1v) is 10.6. The molecule has 25 heavy (non-hydrogen) atoms. The van der Waals surface area contributed by atoms with E-state index in [0.29, 0.717) is 25.4 Å². The highest BCUT2D eigenvalue weighted by Crippen LogP contribution is 2.20. The average molecular weight is 354 g/mol. The number of amides is 1. The smallest absolute Gasteiger partial charge is 0.328 e. The minimum absolute atomic E-state index is 0.0369. The highest BCUT2D eigenvalue weighted by molar-refractivity contribution is 5.88. The highest BCUT2D eigenvalue weighted by atomic mass is 16.5. The predicted molar refractivity (Wildman–Crippen MR) is 102 cm³/mol. The summed E-state index contributed by atoms with van der Waals surface area (Å²) in [7, 11) is 0. The molecule has 0 spiro atoms. The summed E-state index contributed by atoms with van der Waals surface area (Å²) in [5.41, 5.74) is 0. The Balaban J connectivity index is 2.25. The van der Waals surface area contributed by atoms with Gasteiger partial charge in [-0.3, -0.25) is 4.79 Å². The molecule has 1 N–H and O–H groups in total. The van der Waals surface area contributed by atoms with Crippen LogP contribution in [0.15, 0.2) is 0 Å². The first-order chi connectivity index (χ1) is 12.2. The Hall–Kier alpha value is -1.06. The fraction of sp³-hybridized carbons (Fsp3) is 0.905. The Morgan fingerprint density at radius 1 is 1.00 bits per heavy atom. The number of unbranched alkanes of at least 4 members (excludes halogenated alkanes) is 8. The summed E-state index contributed by atoms with van der Waals surface area (Å²) in [4.78, 5) is 23.3. The molecule has 4 nitrogen and oxygen atoms in total. The molecule has 0 aromatic heterocycles. The second-order valence-electron chi connectivity index (χ2n) is 7.56. The minimum atomic E-state index is -0.415. The summed E-state index contributed by atoms with van der Waals surface area (Å²) >= 11 is 0. The monoisotopic (exact) mass is 353 g/mol. The first kappa shape index (κ1) is 22.0. The van der Waals surface area contributed by atoms with Crippen LogP contribution in [0, 0.1) is 5.92 Å². The fourth-order valence-corrected chi connectivity index (χ4v) is 3.48. The maximum absolute atomic E-state index is 12.1. The van der Waals surface area contributed by atoms with Crippen LogP contribution in [0.4, 0.5) is 0 Å². The van der Waals surface area contributed by atoms with Gasteiger partial charge in [0.2, 0.25) is 5.91 Å². The largest absolute Gasteiger partial charge is 0.464 e. The lowest BCUT2D eigenvalue weighted by Crippen LogP contribution is -2.35. The summed E-state index contributed by atoms with van der Waals surface area (Å²) in [5, 5.41) is 2.70. The van der Waals surface area contributed by atoms with Crippen LogP contribution in [0.3, 0.4) is 0 Å². The van der Waals surface area contributed by atoms with Gasteiger partial charge in [0.05, 0.1) is 6.61 Å². The van der Waals surface area contributed by atoms with Gasteiger partial charge >= 0.3 is 5.97 Å². The molecule has 1 heterocycles. The van der Waals surface area contributed by atoms with Crippen LogP contribution >= 0.6 is 0 Å². The van der Waals surface area contributed by atoms with Gasteiger partial charge in [0, 0.05) is 6.42 Å². The number of carbonyl (C=O) groups excluding carboxylic acids is 2. The summed E-state index contributed by atoms with van der Waals surface area (Å²) in [6.07, 6.45) is 16.2. The van der Waals surface area contributed by atoms with Crippen molar-refractivity contribution in [2.45, 2.75) is 110 Å². The molecule has 1 aliphatic heterocycles. The minimum Gasteiger partial charge on any atom is -0.464 e. The van der Waals surface area contributed by atoms with E-state index in [-0.39, 0.29) is 11.9 Å². The van der Waals surface area contributed by atoms with E-state index in [9.17, 15) is 9.59 Å². The van der Waals surface area contributed by atoms with Crippen molar-refractivity contribution >= 4 is 11.9 Å². The normalized spacial score (nSPS) is 18.2. The van der Waals surface area contributed by atoms with Gasteiger partial charge in [0.1, 0.15) is 6.04 Å². The second-order valence-corrected chi connectivity index (χ2v) is 7.56. The van der Waals surface area contributed by atoms with Crippen molar-refractivity contribution in [3.8, 4) is 0 Å². The van der Waals surface area contributed by atoms with Gasteiger partial charge in [-0.15, -0.1) is 0 Å². The lowest BCUT2D eigenvalue weighted by Gasteiger charge is -2.18. The number of hydrogen-bond donors (Lipinski definition) is 1. The molecule has 1 saturated heterocycles. The lowest BCUT2D eigenvalue weighted by atomic mass is 9.95. The standard InChI is InChI=1S/C21H39NO3/c1-3-5-7-9-10-12-14-18(13-11-8-6-4-2)17-25-21(24)19-15-16-20(23)22-19/h18-19H,3-17H2,1-2H3,(H,22,23). The Morgan fingerprint density at radius 3 is 2.12 bits per heavy atom. The van der Waals surface area contributed by atoms with Gasteiger partial charge in [-0.1, -0.05) is 78.1 Å². The van der Waals surface area contributed by atoms with E-state index < -0.39 is 6.04 Å². The van der Waals surface area contributed by atoms with Crippen molar-refractivity contribution in [3.63, 3.8) is 0 Å². The Morgan fingerprint density at radius 2 is 1.56 bits per heavy atom. The van der Waals surface area contributed by atoms with E-state index >= 15 is 0 Å². The predicted octanol–water partition coefficient (Wildman–Crippen LogP) is 5.15. The maximum atomic E-state index is 12.1. The van der Waals surface area contributed by atoms with Gasteiger partial charge in [-0.05, 0) is 25.2 Å². The van der Waals surface area contributed by atoms with Crippen molar-refractivity contribution < 1.29 is 14.3 Å². The fourth-order valence-electron chi connectivity index (χ4n) is 3.48. The van der Waals surface area contributed by atoms with Crippen molar-refractivity contribution in [2.24, 2.45) is 5.92 Å². The van der Waals surface area contributed by atoms with Crippen molar-refractivity contribution in [1.82, 2.24) is 5.32 Å². The molecule has 0 radical (unpaired) electrons. The first-order valence-electron chi connectivity index (χ1n) is 10.6. The molecule has 146 valence electrons. The molecule has 1 fully saturated rings. The molecule has 1 rings (SSSR count). The molecule has 1 aliphatic rings. The van der Waals surface area contributed by atoms with Crippen molar-refractivity contribution in [3.05, 3.63) is 0 Å². The van der Waals surface area contributed by atoms with E-state index in [1.165, 1.54) is 64.2 Å². The topological polar surface area (TPSA) is 55.4 Å². The molecular weight excluding hydrogens is 314 g/mol. The molecule has 0 saturated carbocycles. The molecular formula is C21H39NO3. The van der Waals surface area contributed by atoms with Gasteiger partial charge < -0.3 is 10.1 Å². The van der Waals surface area contributed by atoms with Crippen molar-refractivity contribution in [2.75, 3.05) is 6.61 Å². The third-order valence-corrected chi connectivity index (χ3v) is 5.17. The number of esters is 1. The quantitative estimate of drug-likeness (QED) is 0.327. The molecule has 2 atom stereocenters. The van der Waals surface area contributed by atoms with Gasteiger partial charge in [-0.25, -0.2) is 4.79 Å². The van der Waals surface area contributed by atoms with Crippen LogP contribution in [0.5, 0.6) is 0 Å². The van der Waals surface area contributed by atoms with Crippen LogP contribution < -0.4 is 5.32 Å². The molecule has 0 aromatic carbocycles. The molecule has 0 aliphatic carbocycles. The molecule has 0 aromatic rings. The van der Waals surface area contributed by atoms with Crippen LogP contribution in [0.1, 0.15) is 104 Å². The molecule has 2 unspecified atom stereocenters. The van der Waals surface area contributed by atoms with Crippen molar-refractivity contribution in [1.29, 1.82) is 0 Å². The number of carbonyl (C=O) groups is 2. The number of rotatable bonds is 15. The highest BCUT2D eigenvalue weighted by Gasteiger charge is 2.28. The second kappa shape index (κ2) is 14.1. The lowest BCUT2D eigenvalue weighted by molar-refractivity contribution is -0.148. The van der Waals surface area contributed by atoms with E-state index in [4.69, 9.17) is 4.74 Å². The van der Waals surface area contributed by atoms with E-state index in [1.54, 1.807) is 0 Å². The SMILES string of the molecule is CCCCCCCCC(CCCCCC)COC(=O)C1CCC(=O)N1. The number of nitrogens with one attached hydrogen (secondary N) is 1. The zero-order valence-electron chi connectivity index (χ0n) is 16.5. The van der Waals surface area contributed by atoms with E-state index in [1.807, 2.05) is 0 Å². The van der Waals surface area contributed by atoms with E-state index in [2.05, 4.69) is 19.2 Å². The Kier molecular flexibility index (Phi) is 12.4. The molecule has 4 heteroatoms. The number of hydrogen-bond acceptors (Lipinski definition) is 3. The van der Waals surface area contributed by atoms with Crippen LogP contribution in [0.25, 0.3) is 0 Å². The maximum Gasteiger partial charge on any atom is 0.328 e. The van der Waals surface area contributed by atoms with Crippen LogP contribution in [-0.4, -0.2) is 24.5 Å². The summed E-state index contributed by atoms with van der Waals surface area (Å²) in [5.74, 6) is 0.196. The van der Waals surface area contributed by atoms with Gasteiger partial charge in [-0.2, -0.15) is 0 Å². The van der Waals surface area contributed by atoms with Crippen LogP contribution in [0.2, 0.25) is 0 Å². The summed E-state index contributed by atoms with van der Waals surface area (Å²) in [6, 6.07) is -0.415. The van der Waals surface area contributed by atoms with Crippen LogP contribution in [-0.2, 0) is 14.3 Å². The zero-order valence-corrected chi connectivity index (χ0v) is 16.5. The number of ether oxygens (including phenoxy) is 1.